The highest BCUT2D eigenvalue weighted by atomic mass is 16.5. The summed E-state index contributed by atoms with van der Waals surface area (Å²) in [5.41, 5.74) is 9.04. The van der Waals surface area contributed by atoms with E-state index in [1.165, 1.54) is 5.56 Å². The second-order valence-electron chi connectivity index (χ2n) is 5.12. The minimum Gasteiger partial charge on any atom is -0.491 e. The summed E-state index contributed by atoms with van der Waals surface area (Å²) in [6.07, 6.45) is 3.16. The van der Waals surface area contributed by atoms with Gasteiger partial charge in [-0.25, -0.2) is 0 Å². The molecular weight excluding hydrogens is 260 g/mol. The van der Waals surface area contributed by atoms with Gasteiger partial charge in [0.2, 0.25) is 0 Å². The van der Waals surface area contributed by atoms with Gasteiger partial charge in [0.05, 0.1) is 12.3 Å². The molecule has 0 amide bonds. The zero-order valence-corrected chi connectivity index (χ0v) is 12.6. The average Bonchev–Trinajstić information content (AvgIpc) is 2.52. The summed E-state index contributed by atoms with van der Waals surface area (Å²) in [4.78, 5) is 0. The fourth-order valence-electron chi connectivity index (χ4n) is 2.15. The normalized spacial score (nSPS) is 10.3. The van der Waals surface area contributed by atoms with Gasteiger partial charge in [-0.3, -0.25) is 0 Å². The number of aryl methyl sites for hydroxylation is 1. The Morgan fingerprint density at radius 3 is 2.67 bits per heavy atom. The van der Waals surface area contributed by atoms with Crippen LogP contribution in [0.25, 0.3) is 0 Å². The van der Waals surface area contributed by atoms with E-state index >= 15 is 0 Å². The SMILES string of the molecule is CCCOc1cc(NCCCc2ccccc2)ccc1N. The van der Waals surface area contributed by atoms with Crippen LogP contribution in [0.4, 0.5) is 11.4 Å². The van der Waals surface area contributed by atoms with Crippen LogP contribution in [0.2, 0.25) is 0 Å². The third-order valence-electron chi connectivity index (χ3n) is 3.29. The molecule has 0 radical (unpaired) electrons. The van der Waals surface area contributed by atoms with E-state index in [1.54, 1.807) is 0 Å². The highest BCUT2D eigenvalue weighted by Gasteiger charge is 2.02. The highest BCUT2D eigenvalue weighted by Crippen LogP contribution is 2.25. The van der Waals surface area contributed by atoms with E-state index in [0.29, 0.717) is 12.3 Å². The monoisotopic (exact) mass is 284 g/mol. The van der Waals surface area contributed by atoms with E-state index in [1.807, 2.05) is 24.3 Å². The van der Waals surface area contributed by atoms with Gasteiger partial charge in [-0.2, -0.15) is 0 Å². The van der Waals surface area contributed by atoms with Gasteiger partial charge in [-0.05, 0) is 37.0 Å². The lowest BCUT2D eigenvalue weighted by atomic mass is 10.1. The Kier molecular flexibility index (Phi) is 5.95. The summed E-state index contributed by atoms with van der Waals surface area (Å²) in [7, 11) is 0. The zero-order chi connectivity index (χ0) is 14.9. The minimum atomic E-state index is 0.693. The number of anilines is 2. The number of rotatable bonds is 8. The molecule has 2 aromatic carbocycles. The number of hydrogen-bond donors (Lipinski definition) is 2. The lowest BCUT2D eigenvalue weighted by molar-refractivity contribution is 0.319. The first-order valence-corrected chi connectivity index (χ1v) is 7.59. The quantitative estimate of drug-likeness (QED) is 0.566. The molecule has 0 aliphatic carbocycles. The Morgan fingerprint density at radius 1 is 1.10 bits per heavy atom. The molecule has 3 heteroatoms. The Balaban J connectivity index is 1.80. The molecule has 0 bridgehead atoms. The van der Waals surface area contributed by atoms with Crippen LogP contribution in [0, 0.1) is 0 Å². The van der Waals surface area contributed by atoms with E-state index in [-0.39, 0.29) is 0 Å². The maximum Gasteiger partial charge on any atom is 0.144 e. The van der Waals surface area contributed by atoms with Crippen molar-refractivity contribution < 1.29 is 4.74 Å². The van der Waals surface area contributed by atoms with E-state index in [0.717, 1.165) is 37.2 Å². The largest absolute Gasteiger partial charge is 0.491 e. The average molecular weight is 284 g/mol. The molecule has 0 saturated carbocycles. The van der Waals surface area contributed by atoms with Crippen LogP contribution < -0.4 is 15.8 Å². The second-order valence-corrected chi connectivity index (χ2v) is 5.12. The Bertz CT molecular complexity index is 540. The molecule has 2 aromatic rings. The standard InChI is InChI=1S/C18H24N2O/c1-2-13-21-18-14-16(10-11-17(18)19)20-12-6-9-15-7-4-3-5-8-15/h3-5,7-8,10-11,14,20H,2,6,9,12-13,19H2,1H3. The van der Waals surface area contributed by atoms with Crippen LogP contribution in [0.5, 0.6) is 5.75 Å². The van der Waals surface area contributed by atoms with Crippen molar-refractivity contribution in [3.63, 3.8) is 0 Å². The van der Waals surface area contributed by atoms with Crippen molar-refractivity contribution in [2.75, 3.05) is 24.2 Å². The molecule has 0 aliphatic rings. The van der Waals surface area contributed by atoms with Crippen molar-refractivity contribution in [3.8, 4) is 5.75 Å². The first kappa shape index (κ1) is 15.2. The van der Waals surface area contributed by atoms with E-state index in [9.17, 15) is 0 Å². The van der Waals surface area contributed by atoms with Crippen molar-refractivity contribution in [2.24, 2.45) is 0 Å². The number of nitrogens with one attached hydrogen (secondary N) is 1. The molecule has 0 saturated heterocycles. The molecule has 112 valence electrons. The fraction of sp³-hybridized carbons (Fsp3) is 0.333. The van der Waals surface area contributed by atoms with Crippen LogP contribution >= 0.6 is 0 Å². The van der Waals surface area contributed by atoms with Gasteiger partial charge in [-0.15, -0.1) is 0 Å². The van der Waals surface area contributed by atoms with Crippen LogP contribution in [0.15, 0.2) is 48.5 Å². The smallest absolute Gasteiger partial charge is 0.144 e. The molecule has 0 heterocycles. The van der Waals surface area contributed by atoms with Crippen LogP contribution in [-0.4, -0.2) is 13.2 Å². The molecule has 3 N–H and O–H groups in total. The number of nitrogens with two attached hydrogens (primary N) is 1. The summed E-state index contributed by atoms with van der Waals surface area (Å²) in [6, 6.07) is 16.4. The summed E-state index contributed by atoms with van der Waals surface area (Å²) in [6.45, 7) is 3.72. The lowest BCUT2D eigenvalue weighted by Crippen LogP contribution is -2.04. The Labute approximate surface area is 127 Å². The highest BCUT2D eigenvalue weighted by molar-refractivity contribution is 5.61. The molecule has 0 aromatic heterocycles. The molecule has 0 atom stereocenters. The molecule has 2 rings (SSSR count). The van der Waals surface area contributed by atoms with Gasteiger partial charge in [0.15, 0.2) is 0 Å². The van der Waals surface area contributed by atoms with E-state index < -0.39 is 0 Å². The van der Waals surface area contributed by atoms with Gasteiger partial charge in [0, 0.05) is 18.3 Å². The third kappa shape index (κ3) is 5.03. The molecule has 0 spiro atoms. The van der Waals surface area contributed by atoms with Crippen LogP contribution in [0.3, 0.4) is 0 Å². The van der Waals surface area contributed by atoms with E-state index in [4.69, 9.17) is 10.5 Å². The van der Waals surface area contributed by atoms with Crippen molar-refractivity contribution in [1.29, 1.82) is 0 Å². The fourth-order valence-corrected chi connectivity index (χ4v) is 2.15. The third-order valence-corrected chi connectivity index (χ3v) is 3.29. The summed E-state index contributed by atoms with van der Waals surface area (Å²) in [5.74, 6) is 0.768. The first-order chi connectivity index (χ1) is 10.3. The molecule has 0 unspecified atom stereocenters. The van der Waals surface area contributed by atoms with Crippen LogP contribution in [0.1, 0.15) is 25.3 Å². The molecular formula is C18H24N2O. The predicted octanol–water partition coefficient (Wildman–Crippen LogP) is 4.10. The molecule has 0 aliphatic heterocycles. The van der Waals surface area contributed by atoms with E-state index in [2.05, 4.69) is 36.5 Å². The van der Waals surface area contributed by atoms with Crippen molar-refractivity contribution in [2.45, 2.75) is 26.2 Å². The molecule has 21 heavy (non-hydrogen) atoms. The molecule has 3 nitrogen and oxygen atoms in total. The van der Waals surface area contributed by atoms with Gasteiger partial charge < -0.3 is 15.8 Å². The zero-order valence-electron chi connectivity index (χ0n) is 12.6. The predicted molar refractivity (Wildman–Crippen MR) is 89.9 cm³/mol. The van der Waals surface area contributed by atoms with Crippen molar-refractivity contribution in [3.05, 3.63) is 54.1 Å². The maximum absolute atomic E-state index is 5.91. The number of nitrogen functional groups attached to an aromatic ring is 1. The number of hydrogen-bond acceptors (Lipinski definition) is 3. The lowest BCUT2D eigenvalue weighted by Gasteiger charge is -2.11. The maximum atomic E-state index is 5.91. The van der Waals surface area contributed by atoms with Crippen molar-refractivity contribution >= 4 is 11.4 Å². The Hall–Kier alpha value is -2.16. The summed E-state index contributed by atoms with van der Waals surface area (Å²) < 4.78 is 5.64. The first-order valence-electron chi connectivity index (χ1n) is 7.59. The Morgan fingerprint density at radius 2 is 1.90 bits per heavy atom. The summed E-state index contributed by atoms with van der Waals surface area (Å²) in [5, 5.41) is 3.42. The van der Waals surface area contributed by atoms with Gasteiger partial charge in [-0.1, -0.05) is 37.3 Å². The topological polar surface area (TPSA) is 47.3 Å². The minimum absolute atomic E-state index is 0.693. The number of benzene rings is 2. The second kappa shape index (κ2) is 8.20. The van der Waals surface area contributed by atoms with Gasteiger partial charge in [0.25, 0.3) is 0 Å². The summed E-state index contributed by atoms with van der Waals surface area (Å²) >= 11 is 0. The van der Waals surface area contributed by atoms with Crippen molar-refractivity contribution in [1.82, 2.24) is 0 Å². The van der Waals surface area contributed by atoms with Gasteiger partial charge >= 0.3 is 0 Å². The number of ether oxygens (including phenoxy) is 1. The molecule has 0 fully saturated rings. The van der Waals surface area contributed by atoms with Crippen LogP contribution in [-0.2, 0) is 6.42 Å². The van der Waals surface area contributed by atoms with Gasteiger partial charge in [0.1, 0.15) is 5.75 Å².